The quantitative estimate of drug-likeness (QED) is 0.616. The number of hydrogen-bond donors (Lipinski definition) is 0. The monoisotopic (exact) mass is 284 g/mol. The predicted octanol–water partition coefficient (Wildman–Crippen LogP) is 3.45. The maximum absolute atomic E-state index is 7.17. The smallest absolute Gasteiger partial charge is 0.137 e. The Morgan fingerprint density at radius 1 is 1.29 bits per heavy atom. The zero-order valence-corrected chi connectivity index (χ0v) is 12.6. The molecule has 21 heavy (non-hydrogen) atoms. The molecule has 0 saturated heterocycles. The normalized spacial score (nSPS) is 29.4. The van der Waals surface area contributed by atoms with Crippen molar-refractivity contribution in [2.24, 2.45) is 10.5 Å². The van der Waals surface area contributed by atoms with Crippen molar-refractivity contribution < 1.29 is 9.47 Å². The molecule has 1 spiro atoms. The van der Waals surface area contributed by atoms with Crippen LogP contribution in [-0.2, 0) is 11.2 Å². The van der Waals surface area contributed by atoms with Crippen LogP contribution in [0.5, 0.6) is 5.75 Å². The molecule has 1 saturated carbocycles. The lowest BCUT2D eigenvalue weighted by Gasteiger charge is -2.35. The van der Waals surface area contributed by atoms with Gasteiger partial charge in [-0.15, -0.1) is 4.95 Å². The van der Waals surface area contributed by atoms with Gasteiger partial charge in [0, 0.05) is 18.1 Å². The van der Waals surface area contributed by atoms with Crippen LogP contribution in [0.2, 0.25) is 0 Å². The Morgan fingerprint density at radius 3 is 2.67 bits per heavy atom. The van der Waals surface area contributed by atoms with E-state index in [0.717, 1.165) is 49.1 Å². The summed E-state index contributed by atoms with van der Waals surface area (Å²) < 4.78 is 10.8. The van der Waals surface area contributed by atoms with Gasteiger partial charge in [-0.1, -0.05) is 6.07 Å². The molecule has 0 bridgehead atoms. The maximum Gasteiger partial charge on any atom is 0.137 e. The number of hydrogen-bond acceptors (Lipinski definition) is 3. The van der Waals surface area contributed by atoms with Crippen molar-refractivity contribution in [3.63, 3.8) is 0 Å². The highest BCUT2D eigenvalue weighted by Gasteiger charge is 2.47. The van der Waals surface area contributed by atoms with Crippen molar-refractivity contribution in [1.29, 1.82) is 0 Å². The Bertz CT molecular complexity index is 608. The Morgan fingerprint density at radius 2 is 2.05 bits per heavy atom. The molecule has 4 nitrogen and oxygen atoms in total. The number of benzene rings is 1. The van der Waals surface area contributed by atoms with Gasteiger partial charge in [0.1, 0.15) is 11.5 Å². The first-order valence-corrected chi connectivity index (χ1v) is 7.37. The summed E-state index contributed by atoms with van der Waals surface area (Å²) >= 11 is 0. The molecule has 1 fully saturated rings. The first-order valence-electron chi connectivity index (χ1n) is 7.37. The van der Waals surface area contributed by atoms with Gasteiger partial charge in [0.05, 0.1) is 18.3 Å². The van der Waals surface area contributed by atoms with Gasteiger partial charge in [0.25, 0.3) is 0 Å². The molecule has 3 rings (SSSR count). The molecule has 0 unspecified atom stereocenters. The minimum Gasteiger partial charge on any atom is -0.497 e. The topological polar surface area (TPSA) is 35.2 Å². The third kappa shape index (κ3) is 2.32. The van der Waals surface area contributed by atoms with Gasteiger partial charge < -0.3 is 9.47 Å². The summed E-state index contributed by atoms with van der Waals surface area (Å²) in [6, 6.07) is 6.13. The van der Waals surface area contributed by atoms with Crippen molar-refractivity contribution in [1.82, 2.24) is 0 Å². The van der Waals surface area contributed by atoms with E-state index in [-0.39, 0.29) is 5.41 Å². The van der Waals surface area contributed by atoms with Gasteiger partial charge in [-0.2, -0.15) is 6.57 Å². The number of nitrogens with zero attached hydrogens (tertiary/aromatic N) is 2. The number of methoxy groups -OCH3 is 2. The molecule has 0 aliphatic heterocycles. The van der Waals surface area contributed by atoms with E-state index >= 15 is 0 Å². The molecular formula is C17H20N2O2. The summed E-state index contributed by atoms with van der Waals surface area (Å²) in [4.78, 5) is 3.33. The maximum atomic E-state index is 7.17. The Hall–Kier alpha value is -1.86. The van der Waals surface area contributed by atoms with Gasteiger partial charge in [0.2, 0.25) is 0 Å². The van der Waals surface area contributed by atoms with Gasteiger partial charge in [-0.25, -0.2) is 0 Å². The standard InChI is InChI=1S/C17H20N2O2/c1-18-19-16-15-10-14(21-3)5-4-12(15)11-17(16)8-6-13(20-2)7-9-17/h4-5,10,13H,6-9,11H2,2-3H3/b19-16-. The van der Waals surface area contributed by atoms with E-state index in [4.69, 9.17) is 16.0 Å². The molecule has 1 aromatic rings. The molecule has 110 valence electrons. The third-order valence-electron chi connectivity index (χ3n) is 4.98. The molecule has 0 N–H and O–H groups in total. The van der Waals surface area contributed by atoms with E-state index in [1.54, 1.807) is 14.2 Å². The van der Waals surface area contributed by atoms with Crippen molar-refractivity contribution in [3.05, 3.63) is 40.9 Å². The SMILES string of the molecule is [C-]#[N+]/N=C1/c2cc(OC)ccc2CC12CCC(OC)CC2. The Balaban J connectivity index is 1.98. The van der Waals surface area contributed by atoms with E-state index in [2.05, 4.69) is 16.1 Å². The number of ether oxygens (including phenoxy) is 2. The summed E-state index contributed by atoms with van der Waals surface area (Å²) in [5.74, 6) is 0.828. The fraction of sp³-hybridized carbons (Fsp3) is 0.529. The first kappa shape index (κ1) is 14.1. The Labute approximate surface area is 125 Å². The molecule has 2 aliphatic carbocycles. The Kier molecular flexibility index (Phi) is 3.69. The van der Waals surface area contributed by atoms with Crippen molar-refractivity contribution in [2.75, 3.05) is 14.2 Å². The fourth-order valence-corrected chi connectivity index (χ4v) is 3.79. The highest BCUT2D eigenvalue weighted by Crippen LogP contribution is 2.48. The predicted molar refractivity (Wildman–Crippen MR) is 81.5 cm³/mol. The summed E-state index contributed by atoms with van der Waals surface area (Å²) in [6.45, 7) is 7.17. The second kappa shape index (κ2) is 5.50. The van der Waals surface area contributed by atoms with Gasteiger partial charge in [-0.3, -0.25) is 0 Å². The van der Waals surface area contributed by atoms with E-state index in [9.17, 15) is 0 Å². The van der Waals surface area contributed by atoms with Crippen LogP contribution in [0, 0.1) is 12.0 Å². The summed E-state index contributed by atoms with van der Waals surface area (Å²) in [5.41, 5.74) is 3.37. The summed E-state index contributed by atoms with van der Waals surface area (Å²) in [7, 11) is 3.45. The highest BCUT2D eigenvalue weighted by atomic mass is 16.5. The fourth-order valence-electron chi connectivity index (χ4n) is 3.79. The summed E-state index contributed by atoms with van der Waals surface area (Å²) in [6.07, 6.45) is 5.49. The van der Waals surface area contributed by atoms with Gasteiger partial charge >= 0.3 is 0 Å². The van der Waals surface area contributed by atoms with E-state index in [0.29, 0.717) is 6.10 Å². The van der Waals surface area contributed by atoms with Gasteiger partial charge in [0.15, 0.2) is 0 Å². The van der Waals surface area contributed by atoms with E-state index < -0.39 is 0 Å². The lowest BCUT2D eigenvalue weighted by molar-refractivity contribution is 0.0468. The molecule has 0 amide bonds. The van der Waals surface area contributed by atoms with Crippen LogP contribution in [-0.4, -0.2) is 26.0 Å². The van der Waals surface area contributed by atoms with Crippen LogP contribution in [0.15, 0.2) is 23.3 Å². The van der Waals surface area contributed by atoms with Crippen LogP contribution in [0.1, 0.15) is 36.8 Å². The van der Waals surface area contributed by atoms with Crippen LogP contribution >= 0.6 is 0 Å². The molecule has 0 aromatic heterocycles. The zero-order valence-electron chi connectivity index (χ0n) is 12.6. The molecule has 4 heteroatoms. The molecule has 0 heterocycles. The zero-order chi connectivity index (χ0) is 14.9. The molecular weight excluding hydrogens is 264 g/mol. The second-order valence-electron chi connectivity index (χ2n) is 5.96. The molecule has 0 radical (unpaired) electrons. The minimum absolute atomic E-state index is 0.0221. The van der Waals surface area contributed by atoms with Crippen LogP contribution in [0.25, 0.3) is 4.95 Å². The number of fused-ring (bicyclic) bond motifs is 1. The van der Waals surface area contributed by atoms with E-state index in [1.165, 1.54) is 5.56 Å². The van der Waals surface area contributed by atoms with Crippen LogP contribution in [0.3, 0.4) is 0 Å². The average Bonchev–Trinajstić information content (AvgIpc) is 2.81. The molecule has 2 aliphatic rings. The van der Waals surface area contributed by atoms with Crippen molar-refractivity contribution in [2.45, 2.75) is 38.2 Å². The average molecular weight is 284 g/mol. The van der Waals surface area contributed by atoms with Crippen molar-refractivity contribution in [3.8, 4) is 5.75 Å². The van der Waals surface area contributed by atoms with Crippen LogP contribution < -0.4 is 4.74 Å². The van der Waals surface area contributed by atoms with Gasteiger partial charge in [-0.05, 0) is 49.8 Å². The first-order chi connectivity index (χ1) is 10.2. The highest BCUT2D eigenvalue weighted by molar-refractivity contribution is 6.09. The second-order valence-corrected chi connectivity index (χ2v) is 5.96. The third-order valence-corrected chi connectivity index (χ3v) is 4.98. The minimum atomic E-state index is 0.0221. The lowest BCUT2D eigenvalue weighted by Crippen LogP contribution is -2.35. The van der Waals surface area contributed by atoms with Crippen molar-refractivity contribution >= 4 is 5.71 Å². The largest absolute Gasteiger partial charge is 0.497 e. The summed E-state index contributed by atoms with van der Waals surface area (Å²) in [5, 5.41) is 4.18. The molecule has 0 atom stereocenters. The van der Waals surface area contributed by atoms with E-state index in [1.807, 2.05) is 12.1 Å². The lowest BCUT2D eigenvalue weighted by atomic mass is 9.70. The number of rotatable bonds is 2. The van der Waals surface area contributed by atoms with Crippen LogP contribution in [0.4, 0.5) is 0 Å². The molecule has 1 aromatic carbocycles.